The molecule has 1 aliphatic rings. The van der Waals surface area contributed by atoms with Crippen LogP contribution in [0.5, 0.6) is 0 Å². The van der Waals surface area contributed by atoms with E-state index < -0.39 is 0 Å². The molecule has 0 saturated carbocycles. The van der Waals surface area contributed by atoms with E-state index in [0.717, 1.165) is 30.3 Å². The molecule has 20 heavy (non-hydrogen) atoms. The van der Waals surface area contributed by atoms with Gasteiger partial charge < -0.3 is 10.6 Å². The fourth-order valence-corrected chi connectivity index (χ4v) is 3.40. The van der Waals surface area contributed by atoms with Crippen LogP contribution in [0.25, 0.3) is 0 Å². The predicted octanol–water partition coefficient (Wildman–Crippen LogP) is 3.03. The number of aliphatic imine (C=N–C) groups is 1. The summed E-state index contributed by atoms with van der Waals surface area (Å²) in [6, 6.07) is 8.65. The van der Waals surface area contributed by atoms with E-state index in [2.05, 4.69) is 40.4 Å². The number of hydrogen-bond donors (Lipinski definition) is 1. The van der Waals surface area contributed by atoms with Gasteiger partial charge in [0.15, 0.2) is 5.96 Å². The molecule has 6 heteroatoms. The van der Waals surface area contributed by atoms with Gasteiger partial charge >= 0.3 is 0 Å². The molecule has 0 amide bonds. The molecule has 1 saturated heterocycles. The third kappa shape index (κ3) is 5.73. The van der Waals surface area contributed by atoms with Crippen molar-refractivity contribution in [3.05, 3.63) is 35.4 Å². The highest BCUT2D eigenvalue weighted by Gasteiger charge is 2.11. The average molecular weight is 423 g/mol. The summed E-state index contributed by atoms with van der Waals surface area (Å²) in [7, 11) is 0. The van der Waals surface area contributed by atoms with Gasteiger partial charge in [0, 0.05) is 30.3 Å². The van der Waals surface area contributed by atoms with Crippen LogP contribution in [0, 0.1) is 0 Å². The number of guanidine groups is 1. The molecule has 0 aliphatic carbocycles. The number of rotatable bonds is 4. The summed E-state index contributed by atoms with van der Waals surface area (Å²) in [5.41, 5.74) is 8.62. The minimum atomic E-state index is 0. The molecule has 1 aliphatic heterocycles. The van der Waals surface area contributed by atoms with E-state index in [1.54, 1.807) is 0 Å². The molecule has 2 rings (SSSR count). The summed E-state index contributed by atoms with van der Waals surface area (Å²) < 4.78 is 0. The van der Waals surface area contributed by atoms with Crippen LogP contribution in [0.4, 0.5) is 0 Å². The lowest BCUT2D eigenvalue weighted by atomic mass is 10.1. The van der Waals surface area contributed by atoms with Crippen molar-refractivity contribution in [2.45, 2.75) is 12.3 Å². The van der Waals surface area contributed by atoms with Gasteiger partial charge in [-0.05, 0) is 17.4 Å². The lowest BCUT2D eigenvalue weighted by Gasteiger charge is -2.27. The molecule has 0 atom stereocenters. The molecule has 1 aromatic carbocycles. The molecule has 0 aromatic heterocycles. The Hall–Kier alpha value is -0.0800. The SMILES string of the molecule is CSCc1ccc(CN=C(N)N2CCSCC2)cc1.I. The Morgan fingerprint density at radius 3 is 2.45 bits per heavy atom. The van der Waals surface area contributed by atoms with E-state index in [1.165, 1.54) is 11.1 Å². The van der Waals surface area contributed by atoms with Crippen LogP contribution in [0.2, 0.25) is 0 Å². The molecule has 112 valence electrons. The molecule has 0 spiro atoms. The van der Waals surface area contributed by atoms with Crippen molar-refractivity contribution in [2.75, 3.05) is 30.9 Å². The summed E-state index contributed by atoms with van der Waals surface area (Å²) in [5, 5.41) is 0. The second-order valence-corrected chi connectivity index (χ2v) is 6.61. The number of hydrogen-bond acceptors (Lipinski definition) is 3. The summed E-state index contributed by atoms with van der Waals surface area (Å²) >= 11 is 3.82. The number of benzene rings is 1. The molecule has 0 bridgehead atoms. The van der Waals surface area contributed by atoms with E-state index >= 15 is 0 Å². The van der Waals surface area contributed by atoms with Crippen LogP contribution >= 0.6 is 47.5 Å². The van der Waals surface area contributed by atoms with Gasteiger partial charge in [-0.1, -0.05) is 24.3 Å². The number of thioether (sulfide) groups is 2. The van der Waals surface area contributed by atoms with E-state index in [0.29, 0.717) is 12.5 Å². The summed E-state index contributed by atoms with van der Waals surface area (Å²) in [6.45, 7) is 2.72. The van der Waals surface area contributed by atoms with Gasteiger partial charge in [-0.15, -0.1) is 24.0 Å². The van der Waals surface area contributed by atoms with Crippen LogP contribution in [-0.4, -0.2) is 41.7 Å². The van der Waals surface area contributed by atoms with Crippen molar-refractivity contribution in [1.82, 2.24) is 4.90 Å². The van der Waals surface area contributed by atoms with Crippen LogP contribution < -0.4 is 5.73 Å². The molecule has 3 nitrogen and oxygen atoms in total. The third-order valence-corrected chi connectivity index (χ3v) is 4.66. The quantitative estimate of drug-likeness (QED) is 0.459. The maximum atomic E-state index is 6.04. The first-order chi connectivity index (χ1) is 9.29. The van der Waals surface area contributed by atoms with Gasteiger partial charge in [0.2, 0.25) is 0 Å². The normalized spacial score (nSPS) is 15.8. The summed E-state index contributed by atoms with van der Waals surface area (Å²) in [4.78, 5) is 6.68. The minimum absolute atomic E-state index is 0. The molecular weight excluding hydrogens is 401 g/mol. The topological polar surface area (TPSA) is 41.6 Å². The zero-order chi connectivity index (χ0) is 13.5. The fraction of sp³-hybridized carbons (Fsp3) is 0.500. The van der Waals surface area contributed by atoms with Crippen molar-refractivity contribution in [3.8, 4) is 0 Å². The lowest BCUT2D eigenvalue weighted by molar-refractivity contribution is 0.455. The molecule has 2 N–H and O–H groups in total. The molecular formula is C14H22IN3S2. The maximum Gasteiger partial charge on any atom is 0.191 e. The molecule has 0 radical (unpaired) electrons. The highest BCUT2D eigenvalue weighted by atomic mass is 127. The Labute approximate surface area is 147 Å². The Balaban J connectivity index is 0.00000200. The van der Waals surface area contributed by atoms with Gasteiger partial charge in [-0.3, -0.25) is 0 Å². The Morgan fingerprint density at radius 1 is 1.25 bits per heavy atom. The zero-order valence-electron chi connectivity index (χ0n) is 11.7. The van der Waals surface area contributed by atoms with Gasteiger partial charge in [-0.2, -0.15) is 23.5 Å². The Kier molecular flexibility index (Phi) is 8.79. The van der Waals surface area contributed by atoms with Crippen molar-refractivity contribution in [3.63, 3.8) is 0 Å². The van der Waals surface area contributed by atoms with Gasteiger partial charge in [-0.25, -0.2) is 4.99 Å². The largest absolute Gasteiger partial charge is 0.370 e. The standard InChI is InChI=1S/C14H21N3S2.HI/c1-18-11-13-4-2-12(3-5-13)10-16-14(15)17-6-8-19-9-7-17;/h2-5H,6-11H2,1H3,(H2,15,16);1H. The average Bonchev–Trinajstić information content (AvgIpc) is 2.47. The first-order valence-electron chi connectivity index (χ1n) is 6.49. The zero-order valence-corrected chi connectivity index (χ0v) is 15.7. The maximum absolute atomic E-state index is 6.04. The van der Waals surface area contributed by atoms with E-state index in [-0.39, 0.29) is 24.0 Å². The molecule has 0 unspecified atom stereocenters. The Morgan fingerprint density at radius 2 is 1.85 bits per heavy atom. The lowest BCUT2D eigenvalue weighted by Crippen LogP contribution is -2.42. The highest BCUT2D eigenvalue weighted by Crippen LogP contribution is 2.12. The molecule has 1 aromatic rings. The predicted molar refractivity (Wildman–Crippen MR) is 103 cm³/mol. The van der Waals surface area contributed by atoms with Gasteiger partial charge in [0.1, 0.15) is 0 Å². The second-order valence-electron chi connectivity index (χ2n) is 4.52. The van der Waals surface area contributed by atoms with Crippen LogP contribution in [0.3, 0.4) is 0 Å². The molecule has 1 fully saturated rings. The highest BCUT2D eigenvalue weighted by molar-refractivity contribution is 14.0. The van der Waals surface area contributed by atoms with Crippen molar-refractivity contribution < 1.29 is 0 Å². The van der Waals surface area contributed by atoms with Gasteiger partial charge in [0.25, 0.3) is 0 Å². The van der Waals surface area contributed by atoms with Crippen LogP contribution in [0.1, 0.15) is 11.1 Å². The summed E-state index contributed by atoms with van der Waals surface area (Å²) in [6.07, 6.45) is 2.12. The minimum Gasteiger partial charge on any atom is -0.370 e. The van der Waals surface area contributed by atoms with Crippen LogP contribution in [0.15, 0.2) is 29.3 Å². The van der Waals surface area contributed by atoms with E-state index in [1.807, 2.05) is 23.5 Å². The first kappa shape index (κ1) is 18.0. The third-order valence-electron chi connectivity index (χ3n) is 3.09. The van der Waals surface area contributed by atoms with Gasteiger partial charge in [0.05, 0.1) is 6.54 Å². The van der Waals surface area contributed by atoms with Crippen molar-refractivity contribution >= 4 is 53.5 Å². The van der Waals surface area contributed by atoms with E-state index in [4.69, 9.17) is 5.73 Å². The van der Waals surface area contributed by atoms with Crippen LogP contribution in [-0.2, 0) is 12.3 Å². The fourth-order valence-electron chi connectivity index (χ4n) is 1.97. The molecule has 1 heterocycles. The monoisotopic (exact) mass is 423 g/mol. The number of halogens is 1. The smallest absolute Gasteiger partial charge is 0.191 e. The van der Waals surface area contributed by atoms with Crippen molar-refractivity contribution in [1.29, 1.82) is 0 Å². The Bertz CT molecular complexity index is 417. The van der Waals surface area contributed by atoms with Crippen molar-refractivity contribution in [2.24, 2.45) is 10.7 Å². The summed E-state index contributed by atoms with van der Waals surface area (Å²) in [5.74, 6) is 4.06. The van der Waals surface area contributed by atoms with E-state index in [9.17, 15) is 0 Å². The second kappa shape index (κ2) is 9.78. The number of nitrogens with two attached hydrogens (primary N) is 1. The number of nitrogens with zero attached hydrogens (tertiary/aromatic N) is 2. The first-order valence-corrected chi connectivity index (χ1v) is 9.04.